The number of amides is 2. The van der Waals surface area contributed by atoms with Crippen molar-refractivity contribution in [2.24, 2.45) is 0 Å². The monoisotopic (exact) mass is 290 g/mol. The first-order valence-corrected chi connectivity index (χ1v) is 7.73. The molecule has 110 valence electrons. The highest BCUT2D eigenvalue weighted by molar-refractivity contribution is 7.98. The van der Waals surface area contributed by atoms with Crippen LogP contribution in [0.15, 0.2) is 0 Å². The van der Waals surface area contributed by atoms with Gasteiger partial charge in [0.2, 0.25) is 0 Å². The van der Waals surface area contributed by atoms with Crippen molar-refractivity contribution in [2.45, 2.75) is 37.3 Å². The van der Waals surface area contributed by atoms with Gasteiger partial charge in [-0.2, -0.15) is 11.8 Å². The molecule has 0 aliphatic heterocycles. The molecule has 1 aliphatic carbocycles. The molecule has 19 heavy (non-hydrogen) atoms. The highest BCUT2D eigenvalue weighted by Crippen LogP contribution is 2.34. The van der Waals surface area contributed by atoms with Crippen molar-refractivity contribution in [1.29, 1.82) is 0 Å². The van der Waals surface area contributed by atoms with Crippen LogP contribution in [0, 0.1) is 0 Å². The minimum atomic E-state index is -1.01. The number of methoxy groups -OCH3 is 1. The highest BCUT2D eigenvalue weighted by atomic mass is 32.2. The molecule has 3 N–H and O–H groups in total. The number of carbonyl (C=O) groups is 2. The van der Waals surface area contributed by atoms with Crippen LogP contribution in [0.1, 0.15) is 25.7 Å². The zero-order valence-electron chi connectivity index (χ0n) is 11.4. The van der Waals surface area contributed by atoms with Gasteiger partial charge in [-0.05, 0) is 37.7 Å². The number of aliphatic carboxylic acids is 1. The number of nitrogens with one attached hydrogen (secondary N) is 2. The van der Waals surface area contributed by atoms with Crippen LogP contribution >= 0.6 is 11.8 Å². The SMILES string of the molecule is COC1(CNC(=O)N[C@@H](CCSC)C(=O)O)CCC1. The smallest absolute Gasteiger partial charge is 0.326 e. The lowest BCUT2D eigenvalue weighted by Crippen LogP contribution is -2.53. The lowest BCUT2D eigenvalue weighted by atomic mass is 9.80. The van der Waals surface area contributed by atoms with E-state index in [0.717, 1.165) is 19.3 Å². The second kappa shape index (κ2) is 7.59. The molecule has 0 saturated heterocycles. The summed E-state index contributed by atoms with van der Waals surface area (Å²) >= 11 is 1.55. The minimum Gasteiger partial charge on any atom is -0.480 e. The molecule has 0 aromatic carbocycles. The molecule has 1 rings (SSSR count). The topological polar surface area (TPSA) is 87.7 Å². The summed E-state index contributed by atoms with van der Waals surface area (Å²) in [5.74, 6) is -0.312. The third kappa shape index (κ3) is 4.91. The average molecular weight is 290 g/mol. The molecule has 1 aliphatic rings. The number of carboxylic acids is 1. The van der Waals surface area contributed by atoms with Gasteiger partial charge in [0.05, 0.1) is 5.60 Å². The quantitative estimate of drug-likeness (QED) is 0.622. The molecular formula is C12H22N2O4S. The van der Waals surface area contributed by atoms with E-state index in [2.05, 4.69) is 10.6 Å². The van der Waals surface area contributed by atoms with E-state index in [4.69, 9.17) is 9.84 Å². The Morgan fingerprint density at radius 1 is 1.47 bits per heavy atom. The normalized spacial score (nSPS) is 18.2. The third-order valence-electron chi connectivity index (χ3n) is 3.48. The molecule has 0 radical (unpaired) electrons. The van der Waals surface area contributed by atoms with Crippen LogP contribution in [0.5, 0.6) is 0 Å². The van der Waals surface area contributed by atoms with Crippen LogP contribution in [0.2, 0.25) is 0 Å². The van der Waals surface area contributed by atoms with Crippen molar-refractivity contribution in [3.63, 3.8) is 0 Å². The van der Waals surface area contributed by atoms with Gasteiger partial charge in [-0.15, -0.1) is 0 Å². The summed E-state index contributed by atoms with van der Waals surface area (Å²) in [6.07, 6.45) is 5.27. The first-order valence-electron chi connectivity index (χ1n) is 6.34. The standard InChI is InChI=1S/C12H22N2O4S/c1-18-12(5-3-6-12)8-13-11(17)14-9(10(15)16)4-7-19-2/h9H,3-8H2,1-2H3,(H,15,16)(H2,13,14,17)/t9-/m0/s1. The van der Waals surface area contributed by atoms with Gasteiger partial charge < -0.3 is 20.5 Å². The minimum absolute atomic E-state index is 0.255. The number of urea groups is 1. The Kier molecular flexibility index (Phi) is 6.44. The van der Waals surface area contributed by atoms with E-state index >= 15 is 0 Å². The summed E-state index contributed by atoms with van der Waals surface area (Å²) in [7, 11) is 1.64. The number of ether oxygens (including phenoxy) is 1. The van der Waals surface area contributed by atoms with Crippen molar-refractivity contribution >= 4 is 23.8 Å². The van der Waals surface area contributed by atoms with Crippen molar-refractivity contribution in [3.05, 3.63) is 0 Å². The second-order valence-corrected chi connectivity index (χ2v) is 5.73. The molecule has 7 heteroatoms. The van der Waals surface area contributed by atoms with Crippen LogP contribution in [-0.4, -0.2) is 54.4 Å². The van der Waals surface area contributed by atoms with E-state index in [1.807, 2.05) is 6.26 Å². The first kappa shape index (κ1) is 16.1. The van der Waals surface area contributed by atoms with Gasteiger partial charge in [-0.3, -0.25) is 0 Å². The summed E-state index contributed by atoms with van der Waals surface area (Å²) in [4.78, 5) is 22.7. The van der Waals surface area contributed by atoms with E-state index in [1.165, 1.54) is 0 Å². The molecule has 0 aromatic heterocycles. The Morgan fingerprint density at radius 2 is 2.16 bits per heavy atom. The molecule has 0 unspecified atom stereocenters. The fraction of sp³-hybridized carbons (Fsp3) is 0.833. The molecule has 0 heterocycles. The maximum atomic E-state index is 11.7. The fourth-order valence-electron chi connectivity index (χ4n) is 1.97. The van der Waals surface area contributed by atoms with E-state index in [-0.39, 0.29) is 5.60 Å². The molecular weight excluding hydrogens is 268 g/mol. The number of thioether (sulfide) groups is 1. The van der Waals surface area contributed by atoms with Crippen LogP contribution in [-0.2, 0) is 9.53 Å². The molecule has 1 saturated carbocycles. The van der Waals surface area contributed by atoms with E-state index < -0.39 is 18.0 Å². The van der Waals surface area contributed by atoms with E-state index in [0.29, 0.717) is 18.7 Å². The predicted molar refractivity (Wildman–Crippen MR) is 74.5 cm³/mol. The van der Waals surface area contributed by atoms with Crippen LogP contribution < -0.4 is 10.6 Å². The van der Waals surface area contributed by atoms with Gasteiger partial charge in [0.15, 0.2) is 0 Å². The van der Waals surface area contributed by atoms with Crippen molar-refractivity contribution in [3.8, 4) is 0 Å². The summed E-state index contributed by atoms with van der Waals surface area (Å²) in [5.41, 5.74) is -0.255. The van der Waals surface area contributed by atoms with Gasteiger partial charge >= 0.3 is 12.0 Å². The third-order valence-corrected chi connectivity index (χ3v) is 4.13. The Morgan fingerprint density at radius 3 is 2.58 bits per heavy atom. The Hall–Kier alpha value is -0.950. The maximum absolute atomic E-state index is 11.7. The number of rotatable bonds is 8. The zero-order chi connectivity index (χ0) is 14.3. The molecule has 2 amide bonds. The summed E-state index contributed by atoms with van der Waals surface area (Å²) in [6.45, 7) is 0.421. The van der Waals surface area contributed by atoms with Crippen molar-refractivity contribution in [2.75, 3.05) is 25.7 Å². The second-order valence-electron chi connectivity index (χ2n) is 4.74. The summed E-state index contributed by atoms with van der Waals surface area (Å²) in [6, 6.07) is -1.29. The summed E-state index contributed by atoms with van der Waals surface area (Å²) in [5, 5.41) is 14.2. The average Bonchev–Trinajstić information content (AvgIpc) is 2.33. The molecule has 6 nitrogen and oxygen atoms in total. The predicted octanol–water partition coefficient (Wildman–Crippen LogP) is 1.06. The van der Waals surface area contributed by atoms with Crippen LogP contribution in [0.3, 0.4) is 0 Å². The first-order chi connectivity index (χ1) is 9.03. The number of carbonyl (C=O) groups excluding carboxylic acids is 1. The Balaban J connectivity index is 2.33. The Labute approximate surface area is 117 Å². The molecule has 1 atom stereocenters. The van der Waals surface area contributed by atoms with Gasteiger partial charge in [0.1, 0.15) is 6.04 Å². The largest absolute Gasteiger partial charge is 0.480 e. The lowest BCUT2D eigenvalue weighted by molar-refractivity contribution is -0.139. The number of hydrogen-bond donors (Lipinski definition) is 3. The molecule has 0 bridgehead atoms. The maximum Gasteiger partial charge on any atom is 0.326 e. The van der Waals surface area contributed by atoms with Crippen LogP contribution in [0.4, 0.5) is 4.79 Å². The highest BCUT2D eigenvalue weighted by Gasteiger charge is 2.37. The van der Waals surface area contributed by atoms with E-state index in [9.17, 15) is 9.59 Å². The summed E-state index contributed by atoms with van der Waals surface area (Å²) < 4.78 is 5.38. The van der Waals surface area contributed by atoms with Crippen molar-refractivity contribution in [1.82, 2.24) is 10.6 Å². The van der Waals surface area contributed by atoms with Gasteiger partial charge in [-0.1, -0.05) is 0 Å². The van der Waals surface area contributed by atoms with E-state index in [1.54, 1.807) is 18.9 Å². The van der Waals surface area contributed by atoms with Gasteiger partial charge in [0, 0.05) is 13.7 Å². The molecule has 0 aromatic rings. The Bertz CT molecular complexity index is 315. The van der Waals surface area contributed by atoms with Gasteiger partial charge in [-0.25, -0.2) is 9.59 Å². The molecule has 0 spiro atoms. The molecule has 1 fully saturated rings. The fourth-order valence-corrected chi connectivity index (χ4v) is 2.44. The van der Waals surface area contributed by atoms with Crippen LogP contribution in [0.25, 0.3) is 0 Å². The number of carboxylic acid groups (broad SMARTS) is 1. The number of hydrogen-bond acceptors (Lipinski definition) is 4. The zero-order valence-corrected chi connectivity index (χ0v) is 12.2. The van der Waals surface area contributed by atoms with Crippen molar-refractivity contribution < 1.29 is 19.4 Å². The van der Waals surface area contributed by atoms with Gasteiger partial charge in [0.25, 0.3) is 0 Å². The lowest BCUT2D eigenvalue weighted by Gasteiger charge is -2.40.